The molecule has 2 aliphatic rings. The van der Waals surface area contributed by atoms with Crippen molar-refractivity contribution in [3.63, 3.8) is 0 Å². The summed E-state index contributed by atoms with van der Waals surface area (Å²) in [6.45, 7) is 4.53. The summed E-state index contributed by atoms with van der Waals surface area (Å²) >= 11 is 0. The minimum atomic E-state index is -0.325. The summed E-state index contributed by atoms with van der Waals surface area (Å²) < 4.78 is 17.4. The van der Waals surface area contributed by atoms with Crippen molar-refractivity contribution in [1.29, 1.82) is 0 Å². The van der Waals surface area contributed by atoms with E-state index in [-0.39, 0.29) is 11.4 Å². The molecule has 0 saturated carbocycles. The van der Waals surface area contributed by atoms with E-state index in [4.69, 9.17) is 14.2 Å². The molecule has 0 radical (unpaired) electrons. The molecule has 0 fully saturated rings. The number of hydrogen-bond donors (Lipinski definition) is 1. The van der Waals surface area contributed by atoms with E-state index in [1.807, 2.05) is 44.2 Å². The topological polar surface area (TPSA) is 47.9 Å². The number of phenolic OH excluding ortho intramolecular Hbond substituents is 1. The van der Waals surface area contributed by atoms with Crippen molar-refractivity contribution >= 4 is 11.6 Å². The van der Waals surface area contributed by atoms with E-state index >= 15 is 0 Å². The van der Waals surface area contributed by atoms with Gasteiger partial charge in [-0.1, -0.05) is 0 Å². The van der Waals surface area contributed by atoms with E-state index in [1.54, 1.807) is 19.2 Å². The van der Waals surface area contributed by atoms with Crippen LogP contribution in [0.25, 0.3) is 11.6 Å². The van der Waals surface area contributed by atoms with Crippen molar-refractivity contribution < 1.29 is 19.3 Å². The molecule has 0 atom stereocenters. The molecule has 2 aromatic rings. The summed E-state index contributed by atoms with van der Waals surface area (Å²) in [5.74, 6) is 2.45. The number of methoxy groups -OCH3 is 1. The minimum Gasteiger partial charge on any atom is -0.508 e. The average molecular weight is 336 g/mol. The molecule has 0 bridgehead atoms. The zero-order valence-corrected chi connectivity index (χ0v) is 14.5. The highest BCUT2D eigenvalue weighted by Crippen LogP contribution is 2.45. The quantitative estimate of drug-likeness (QED) is 0.882. The van der Waals surface area contributed by atoms with Gasteiger partial charge in [-0.2, -0.15) is 0 Å². The summed E-state index contributed by atoms with van der Waals surface area (Å²) in [6, 6.07) is 9.15. The van der Waals surface area contributed by atoms with Crippen LogP contribution in [0.4, 0.5) is 0 Å². The Labute approximate surface area is 147 Å². The third-order valence-electron chi connectivity index (χ3n) is 4.46. The van der Waals surface area contributed by atoms with Gasteiger partial charge >= 0.3 is 0 Å². The van der Waals surface area contributed by atoms with Crippen LogP contribution in [0.3, 0.4) is 0 Å². The monoisotopic (exact) mass is 336 g/mol. The van der Waals surface area contributed by atoms with E-state index in [0.717, 1.165) is 33.8 Å². The van der Waals surface area contributed by atoms with E-state index in [1.165, 1.54) is 0 Å². The van der Waals surface area contributed by atoms with Gasteiger partial charge in [-0.25, -0.2) is 0 Å². The van der Waals surface area contributed by atoms with Gasteiger partial charge in [0.15, 0.2) is 0 Å². The van der Waals surface area contributed by atoms with Gasteiger partial charge in [0.25, 0.3) is 0 Å². The van der Waals surface area contributed by atoms with E-state index in [2.05, 4.69) is 6.08 Å². The van der Waals surface area contributed by atoms with Gasteiger partial charge in [0.2, 0.25) is 0 Å². The Kier molecular flexibility index (Phi) is 3.49. The Hall–Kier alpha value is -2.88. The zero-order chi connectivity index (χ0) is 17.6. The fourth-order valence-corrected chi connectivity index (χ4v) is 3.27. The second-order valence-electron chi connectivity index (χ2n) is 6.71. The predicted molar refractivity (Wildman–Crippen MR) is 97.4 cm³/mol. The predicted octanol–water partition coefficient (Wildman–Crippen LogP) is 4.41. The summed E-state index contributed by atoms with van der Waals surface area (Å²) in [7, 11) is 1.60. The molecule has 4 rings (SSSR count). The molecule has 2 heterocycles. The molecular formula is C21H20O4. The van der Waals surface area contributed by atoms with Crippen LogP contribution in [0.5, 0.6) is 23.0 Å². The summed E-state index contributed by atoms with van der Waals surface area (Å²) in [5.41, 5.74) is 3.57. The van der Waals surface area contributed by atoms with Crippen LogP contribution < -0.4 is 14.2 Å². The minimum absolute atomic E-state index is 0.178. The molecule has 4 nitrogen and oxygen atoms in total. The number of fused-ring (bicyclic) bond motifs is 3. The lowest BCUT2D eigenvalue weighted by molar-refractivity contribution is 0.158. The first-order chi connectivity index (χ1) is 12.0. The van der Waals surface area contributed by atoms with Gasteiger partial charge < -0.3 is 19.3 Å². The molecule has 0 unspecified atom stereocenters. The van der Waals surface area contributed by atoms with Gasteiger partial charge in [0, 0.05) is 17.2 Å². The summed E-state index contributed by atoms with van der Waals surface area (Å²) in [4.78, 5) is 0. The Morgan fingerprint density at radius 2 is 1.92 bits per heavy atom. The number of phenols is 1. The van der Waals surface area contributed by atoms with Crippen molar-refractivity contribution in [2.75, 3.05) is 13.7 Å². The van der Waals surface area contributed by atoms with E-state index < -0.39 is 0 Å². The average Bonchev–Trinajstić information content (AvgIpc) is 2.60. The number of hydrogen-bond acceptors (Lipinski definition) is 4. The van der Waals surface area contributed by atoms with E-state index in [9.17, 15) is 5.11 Å². The highest BCUT2D eigenvalue weighted by molar-refractivity contribution is 5.89. The molecule has 0 spiro atoms. The lowest BCUT2D eigenvalue weighted by Crippen LogP contribution is -2.27. The molecule has 25 heavy (non-hydrogen) atoms. The standard InChI is InChI=1S/C21H20O4/c1-21(2)10-8-17-18(25-21)7-6-16-14(9-11-24-20(16)17)15-5-4-13(22)12-19(15)23-3/h4-10,12,22H,11H2,1-3H3. The third-order valence-corrected chi connectivity index (χ3v) is 4.46. The number of aromatic hydroxyl groups is 1. The molecule has 0 aromatic heterocycles. The van der Waals surface area contributed by atoms with Crippen LogP contribution in [0.2, 0.25) is 0 Å². The van der Waals surface area contributed by atoms with Crippen molar-refractivity contribution in [1.82, 2.24) is 0 Å². The maximum atomic E-state index is 9.72. The molecule has 128 valence electrons. The number of benzene rings is 2. The van der Waals surface area contributed by atoms with Gasteiger partial charge in [-0.15, -0.1) is 0 Å². The summed E-state index contributed by atoms with van der Waals surface area (Å²) in [5, 5.41) is 9.72. The maximum Gasteiger partial charge on any atom is 0.138 e. The Morgan fingerprint density at radius 3 is 2.72 bits per heavy atom. The van der Waals surface area contributed by atoms with Crippen LogP contribution >= 0.6 is 0 Å². The van der Waals surface area contributed by atoms with Gasteiger partial charge in [0.05, 0.1) is 12.7 Å². The van der Waals surface area contributed by atoms with Gasteiger partial charge in [-0.05, 0) is 61.9 Å². The largest absolute Gasteiger partial charge is 0.508 e. The van der Waals surface area contributed by atoms with Gasteiger partial charge in [0.1, 0.15) is 35.2 Å². The second kappa shape index (κ2) is 5.59. The third kappa shape index (κ3) is 2.64. The Balaban J connectivity index is 1.85. The Morgan fingerprint density at radius 1 is 1.12 bits per heavy atom. The normalized spacial score (nSPS) is 16.8. The van der Waals surface area contributed by atoms with Gasteiger partial charge in [-0.3, -0.25) is 0 Å². The smallest absolute Gasteiger partial charge is 0.138 e. The zero-order valence-electron chi connectivity index (χ0n) is 14.5. The van der Waals surface area contributed by atoms with Crippen molar-refractivity contribution in [3.05, 3.63) is 59.2 Å². The van der Waals surface area contributed by atoms with Crippen LogP contribution in [0.1, 0.15) is 30.5 Å². The van der Waals surface area contributed by atoms with Crippen molar-refractivity contribution in [2.24, 2.45) is 0 Å². The molecule has 0 aliphatic carbocycles. The number of ether oxygens (including phenoxy) is 3. The SMILES string of the molecule is COc1cc(O)ccc1C1=CCOc2c1ccc1c2C=CC(C)(C)O1. The molecule has 2 aromatic carbocycles. The van der Waals surface area contributed by atoms with Crippen molar-refractivity contribution in [3.8, 4) is 23.0 Å². The fraction of sp³-hybridized carbons (Fsp3) is 0.238. The Bertz CT molecular complexity index is 906. The molecule has 0 amide bonds. The molecule has 0 saturated heterocycles. The maximum absolute atomic E-state index is 9.72. The lowest BCUT2D eigenvalue weighted by atomic mass is 9.91. The lowest BCUT2D eigenvalue weighted by Gasteiger charge is -2.30. The van der Waals surface area contributed by atoms with E-state index in [0.29, 0.717) is 12.4 Å². The second-order valence-corrected chi connectivity index (χ2v) is 6.71. The highest BCUT2D eigenvalue weighted by atomic mass is 16.5. The molecular weight excluding hydrogens is 316 g/mol. The fourth-order valence-electron chi connectivity index (χ4n) is 3.27. The number of rotatable bonds is 2. The highest BCUT2D eigenvalue weighted by Gasteiger charge is 2.28. The van der Waals surface area contributed by atoms with Crippen LogP contribution in [0, 0.1) is 0 Å². The van der Waals surface area contributed by atoms with Crippen LogP contribution in [-0.4, -0.2) is 24.4 Å². The van der Waals surface area contributed by atoms with Crippen LogP contribution in [0.15, 0.2) is 42.5 Å². The molecule has 4 heteroatoms. The van der Waals surface area contributed by atoms with Crippen LogP contribution in [-0.2, 0) is 0 Å². The molecule has 1 N–H and O–H groups in total. The first-order valence-electron chi connectivity index (χ1n) is 8.24. The molecule has 2 aliphatic heterocycles. The summed E-state index contributed by atoms with van der Waals surface area (Å²) in [6.07, 6.45) is 6.13. The first-order valence-corrected chi connectivity index (χ1v) is 8.24. The first kappa shape index (κ1) is 15.6. The van der Waals surface area contributed by atoms with Crippen molar-refractivity contribution in [2.45, 2.75) is 19.4 Å².